The predicted octanol–water partition coefficient (Wildman–Crippen LogP) is 0.964. The second-order valence-electron chi connectivity index (χ2n) is 5.89. The molecular formula is C13H27N3. The molecule has 2 aliphatic heterocycles. The molecule has 1 atom stereocenters. The molecule has 0 aliphatic carbocycles. The van der Waals surface area contributed by atoms with Gasteiger partial charge < -0.3 is 14.7 Å². The molecule has 0 aromatic heterocycles. The van der Waals surface area contributed by atoms with Crippen molar-refractivity contribution >= 4 is 0 Å². The zero-order valence-corrected chi connectivity index (χ0v) is 11.2. The lowest BCUT2D eigenvalue weighted by Crippen LogP contribution is -2.43. The first-order chi connectivity index (χ1) is 7.65. The van der Waals surface area contributed by atoms with Gasteiger partial charge in [0.15, 0.2) is 0 Å². The van der Waals surface area contributed by atoms with Crippen molar-refractivity contribution in [3.8, 4) is 0 Å². The van der Waals surface area contributed by atoms with Gasteiger partial charge in [0.2, 0.25) is 0 Å². The van der Waals surface area contributed by atoms with Gasteiger partial charge in [0.05, 0.1) is 0 Å². The quantitative estimate of drug-likeness (QED) is 0.708. The summed E-state index contributed by atoms with van der Waals surface area (Å²) in [6, 6.07) is 0.835. The molecule has 2 aliphatic rings. The zero-order chi connectivity index (χ0) is 11.5. The van der Waals surface area contributed by atoms with Gasteiger partial charge in [0.1, 0.15) is 0 Å². The van der Waals surface area contributed by atoms with Crippen LogP contribution in [0.2, 0.25) is 0 Å². The van der Waals surface area contributed by atoms with E-state index in [1.807, 2.05) is 0 Å². The zero-order valence-electron chi connectivity index (χ0n) is 11.2. The fourth-order valence-electron chi connectivity index (χ4n) is 3.17. The van der Waals surface area contributed by atoms with Crippen LogP contribution in [0.5, 0.6) is 0 Å². The maximum atomic E-state index is 2.62. The molecule has 2 heterocycles. The van der Waals surface area contributed by atoms with Crippen LogP contribution >= 0.6 is 0 Å². The van der Waals surface area contributed by atoms with Crippen molar-refractivity contribution in [2.75, 3.05) is 53.9 Å². The molecule has 94 valence electrons. The highest BCUT2D eigenvalue weighted by molar-refractivity contribution is 4.81. The van der Waals surface area contributed by atoms with E-state index < -0.39 is 0 Å². The molecule has 2 fully saturated rings. The van der Waals surface area contributed by atoms with E-state index in [1.165, 1.54) is 52.0 Å². The molecule has 0 aromatic rings. The van der Waals surface area contributed by atoms with Gasteiger partial charge in [-0.2, -0.15) is 0 Å². The minimum Gasteiger partial charge on any atom is -0.306 e. The molecule has 16 heavy (non-hydrogen) atoms. The van der Waals surface area contributed by atoms with E-state index in [0.717, 1.165) is 12.0 Å². The molecule has 0 spiro atoms. The van der Waals surface area contributed by atoms with Crippen LogP contribution in [0.1, 0.15) is 19.3 Å². The van der Waals surface area contributed by atoms with Crippen LogP contribution in [0.15, 0.2) is 0 Å². The Labute approximate surface area is 100 Å². The molecule has 2 rings (SSSR count). The van der Waals surface area contributed by atoms with E-state index in [-0.39, 0.29) is 0 Å². The summed E-state index contributed by atoms with van der Waals surface area (Å²) in [5.74, 6) is 0.912. The average Bonchev–Trinajstić information content (AvgIpc) is 2.65. The Morgan fingerprint density at radius 2 is 1.62 bits per heavy atom. The Balaban J connectivity index is 1.73. The van der Waals surface area contributed by atoms with Gasteiger partial charge >= 0.3 is 0 Å². The van der Waals surface area contributed by atoms with Gasteiger partial charge in [-0.05, 0) is 66.0 Å². The van der Waals surface area contributed by atoms with Crippen LogP contribution in [-0.2, 0) is 0 Å². The van der Waals surface area contributed by atoms with Gasteiger partial charge in [-0.25, -0.2) is 0 Å². The van der Waals surface area contributed by atoms with Gasteiger partial charge in [-0.1, -0.05) is 0 Å². The minimum absolute atomic E-state index is 0.835. The van der Waals surface area contributed by atoms with E-state index in [0.29, 0.717) is 0 Å². The Bertz CT molecular complexity index is 211. The summed E-state index contributed by atoms with van der Waals surface area (Å²) in [6.45, 7) is 6.46. The molecule has 0 bridgehead atoms. The van der Waals surface area contributed by atoms with Crippen molar-refractivity contribution in [3.05, 3.63) is 0 Å². The first-order valence-corrected chi connectivity index (χ1v) is 6.72. The van der Waals surface area contributed by atoms with E-state index in [1.54, 1.807) is 0 Å². The molecule has 3 heteroatoms. The minimum atomic E-state index is 0.835. The highest BCUT2D eigenvalue weighted by atomic mass is 15.2. The lowest BCUT2D eigenvalue weighted by molar-refractivity contribution is 0.130. The number of hydrogen-bond donors (Lipinski definition) is 0. The topological polar surface area (TPSA) is 9.72 Å². The largest absolute Gasteiger partial charge is 0.306 e. The lowest BCUT2D eigenvalue weighted by Gasteiger charge is -2.36. The van der Waals surface area contributed by atoms with E-state index in [2.05, 4.69) is 35.8 Å². The second-order valence-corrected chi connectivity index (χ2v) is 5.89. The Kier molecular flexibility index (Phi) is 4.22. The summed E-state index contributed by atoms with van der Waals surface area (Å²) in [5, 5.41) is 0. The SMILES string of the molecule is CN1CCC(N(C)CC2CCN(C)C2)CC1. The highest BCUT2D eigenvalue weighted by Crippen LogP contribution is 2.19. The van der Waals surface area contributed by atoms with Gasteiger partial charge in [-0.3, -0.25) is 0 Å². The number of likely N-dealkylation sites (tertiary alicyclic amines) is 2. The molecular weight excluding hydrogens is 198 g/mol. The third-order valence-corrected chi connectivity index (χ3v) is 4.35. The van der Waals surface area contributed by atoms with E-state index in [9.17, 15) is 0 Å². The first-order valence-electron chi connectivity index (χ1n) is 6.72. The van der Waals surface area contributed by atoms with Crippen LogP contribution < -0.4 is 0 Å². The average molecular weight is 225 g/mol. The molecule has 0 N–H and O–H groups in total. The number of nitrogens with zero attached hydrogens (tertiary/aromatic N) is 3. The monoisotopic (exact) mass is 225 g/mol. The molecule has 1 unspecified atom stereocenters. The Hall–Kier alpha value is -0.120. The summed E-state index contributed by atoms with van der Waals surface area (Å²) < 4.78 is 0. The Morgan fingerprint density at radius 1 is 1.00 bits per heavy atom. The number of piperidine rings is 1. The van der Waals surface area contributed by atoms with Crippen molar-refractivity contribution in [3.63, 3.8) is 0 Å². The summed E-state index contributed by atoms with van der Waals surface area (Å²) >= 11 is 0. The highest BCUT2D eigenvalue weighted by Gasteiger charge is 2.25. The molecule has 0 radical (unpaired) electrons. The van der Waals surface area contributed by atoms with Crippen LogP contribution in [0.4, 0.5) is 0 Å². The van der Waals surface area contributed by atoms with Crippen molar-refractivity contribution in [2.24, 2.45) is 5.92 Å². The molecule has 2 saturated heterocycles. The van der Waals surface area contributed by atoms with Gasteiger partial charge in [0, 0.05) is 19.1 Å². The number of hydrogen-bond acceptors (Lipinski definition) is 3. The molecule has 0 amide bonds. The summed E-state index contributed by atoms with van der Waals surface area (Å²) in [6.07, 6.45) is 4.11. The molecule has 0 aromatic carbocycles. The van der Waals surface area contributed by atoms with E-state index in [4.69, 9.17) is 0 Å². The standard InChI is InChI=1S/C13H27N3/c1-14-8-5-13(6-9-14)16(3)11-12-4-7-15(2)10-12/h12-13H,4-11H2,1-3H3. The van der Waals surface area contributed by atoms with Gasteiger partial charge in [0.25, 0.3) is 0 Å². The predicted molar refractivity (Wildman–Crippen MR) is 68.8 cm³/mol. The van der Waals surface area contributed by atoms with Crippen LogP contribution in [0.3, 0.4) is 0 Å². The normalized spacial score (nSPS) is 30.4. The van der Waals surface area contributed by atoms with E-state index >= 15 is 0 Å². The summed E-state index contributed by atoms with van der Waals surface area (Å²) in [5.41, 5.74) is 0. The third kappa shape index (κ3) is 3.19. The van der Waals surface area contributed by atoms with Crippen molar-refractivity contribution in [2.45, 2.75) is 25.3 Å². The van der Waals surface area contributed by atoms with Crippen molar-refractivity contribution < 1.29 is 0 Å². The second kappa shape index (κ2) is 5.48. The van der Waals surface area contributed by atoms with Crippen molar-refractivity contribution in [1.82, 2.24) is 14.7 Å². The first kappa shape index (κ1) is 12.3. The summed E-state index contributed by atoms with van der Waals surface area (Å²) in [4.78, 5) is 7.54. The molecule has 0 saturated carbocycles. The van der Waals surface area contributed by atoms with Gasteiger partial charge in [-0.15, -0.1) is 0 Å². The number of rotatable bonds is 3. The summed E-state index contributed by atoms with van der Waals surface area (Å²) in [7, 11) is 6.81. The van der Waals surface area contributed by atoms with Crippen molar-refractivity contribution in [1.29, 1.82) is 0 Å². The molecule has 3 nitrogen and oxygen atoms in total. The van der Waals surface area contributed by atoms with Crippen LogP contribution in [0.25, 0.3) is 0 Å². The fraction of sp³-hybridized carbons (Fsp3) is 1.00. The Morgan fingerprint density at radius 3 is 2.19 bits per heavy atom. The smallest absolute Gasteiger partial charge is 0.0117 e. The maximum Gasteiger partial charge on any atom is 0.0117 e. The maximum absolute atomic E-state index is 2.62. The lowest BCUT2D eigenvalue weighted by atomic mass is 10.0. The van der Waals surface area contributed by atoms with Crippen LogP contribution in [-0.4, -0.2) is 74.6 Å². The van der Waals surface area contributed by atoms with Crippen LogP contribution in [0, 0.1) is 5.92 Å². The third-order valence-electron chi connectivity index (χ3n) is 4.35. The fourth-order valence-corrected chi connectivity index (χ4v) is 3.17.